The van der Waals surface area contributed by atoms with Gasteiger partial charge in [0.1, 0.15) is 5.60 Å². The fourth-order valence-electron chi connectivity index (χ4n) is 1.77. The van der Waals surface area contributed by atoms with E-state index in [2.05, 4.69) is 5.32 Å². The van der Waals surface area contributed by atoms with E-state index in [1.54, 1.807) is 20.8 Å². The molecule has 0 unspecified atom stereocenters. The first kappa shape index (κ1) is 17.4. The van der Waals surface area contributed by atoms with E-state index in [4.69, 9.17) is 10.5 Å². The second-order valence-corrected chi connectivity index (χ2v) is 5.81. The van der Waals surface area contributed by atoms with Gasteiger partial charge in [-0.3, -0.25) is 5.32 Å². The fraction of sp³-hybridized carbons (Fsp3) is 0.533. The van der Waals surface area contributed by atoms with E-state index in [1.807, 2.05) is 0 Å². The van der Waals surface area contributed by atoms with Gasteiger partial charge in [0, 0.05) is 0 Å². The van der Waals surface area contributed by atoms with Gasteiger partial charge in [-0.1, -0.05) is 0 Å². The summed E-state index contributed by atoms with van der Waals surface area (Å²) in [6.45, 7) is 5.61. The van der Waals surface area contributed by atoms with Gasteiger partial charge in [-0.2, -0.15) is 0 Å². The smallest absolute Gasteiger partial charge is 0.412 e. The largest absolute Gasteiger partial charge is 0.444 e. The summed E-state index contributed by atoms with van der Waals surface area (Å²) in [4.78, 5) is 11.6. The molecular weight excluding hydrogens is 278 g/mol. The Balaban J connectivity index is 2.83. The first-order chi connectivity index (χ1) is 9.73. The predicted molar refractivity (Wildman–Crippen MR) is 78.2 cm³/mol. The molecule has 0 saturated heterocycles. The van der Waals surface area contributed by atoms with E-state index in [1.165, 1.54) is 6.07 Å². The van der Waals surface area contributed by atoms with Crippen molar-refractivity contribution < 1.29 is 18.3 Å². The Morgan fingerprint density at radius 3 is 2.52 bits per heavy atom. The third-order valence-electron chi connectivity index (χ3n) is 2.64. The third-order valence-corrected chi connectivity index (χ3v) is 2.64. The van der Waals surface area contributed by atoms with Crippen LogP contribution in [0.15, 0.2) is 12.1 Å². The Bertz CT molecular complexity index is 499. The van der Waals surface area contributed by atoms with Crippen LogP contribution >= 0.6 is 0 Å². The molecule has 0 spiro atoms. The second-order valence-electron chi connectivity index (χ2n) is 5.81. The zero-order valence-corrected chi connectivity index (χ0v) is 12.6. The highest BCUT2D eigenvalue weighted by atomic mass is 19.2. The lowest BCUT2D eigenvalue weighted by Crippen LogP contribution is -2.27. The van der Waals surface area contributed by atoms with Crippen LogP contribution in [0.3, 0.4) is 0 Å². The summed E-state index contributed by atoms with van der Waals surface area (Å²) < 4.78 is 32.3. The highest BCUT2D eigenvalue weighted by molar-refractivity contribution is 5.85. The zero-order chi connectivity index (χ0) is 16.0. The van der Waals surface area contributed by atoms with Gasteiger partial charge in [0.05, 0.1) is 5.69 Å². The minimum absolute atomic E-state index is 0.216. The van der Waals surface area contributed by atoms with E-state index in [0.29, 0.717) is 18.5 Å². The highest BCUT2D eigenvalue weighted by Crippen LogP contribution is 2.22. The Morgan fingerprint density at radius 2 is 1.95 bits per heavy atom. The number of hydrogen-bond acceptors (Lipinski definition) is 3. The van der Waals surface area contributed by atoms with E-state index < -0.39 is 23.3 Å². The van der Waals surface area contributed by atoms with Crippen molar-refractivity contribution >= 4 is 11.8 Å². The summed E-state index contributed by atoms with van der Waals surface area (Å²) in [5.41, 5.74) is 5.07. The van der Waals surface area contributed by atoms with Crippen LogP contribution in [0.5, 0.6) is 0 Å². The van der Waals surface area contributed by atoms with Gasteiger partial charge < -0.3 is 10.5 Å². The Kier molecular flexibility index (Phi) is 6.08. The number of carbonyl (C=O) groups is 1. The number of rotatable bonds is 5. The zero-order valence-electron chi connectivity index (χ0n) is 12.6. The summed E-state index contributed by atoms with van der Waals surface area (Å²) in [5.74, 6) is -2.09. The number of nitrogens with two attached hydrogens (primary N) is 1. The van der Waals surface area contributed by atoms with E-state index in [-0.39, 0.29) is 5.69 Å². The molecule has 1 aromatic carbocycles. The number of hydrogen-bond donors (Lipinski definition) is 2. The van der Waals surface area contributed by atoms with Gasteiger partial charge in [0.15, 0.2) is 11.6 Å². The van der Waals surface area contributed by atoms with E-state index >= 15 is 0 Å². The number of anilines is 1. The van der Waals surface area contributed by atoms with Gasteiger partial charge in [0.2, 0.25) is 0 Å². The Hall–Kier alpha value is -1.69. The summed E-state index contributed by atoms with van der Waals surface area (Å²) in [6, 6.07) is 2.55. The highest BCUT2D eigenvalue weighted by Gasteiger charge is 2.19. The van der Waals surface area contributed by atoms with Gasteiger partial charge in [-0.05, 0) is 64.3 Å². The van der Waals surface area contributed by atoms with Crippen LogP contribution in [-0.2, 0) is 11.2 Å². The van der Waals surface area contributed by atoms with Crippen molar-refractivity contribution in [2.45, 2.75) is 45.6 Å². The van der Waals surface area contributed by atoms with Crippen LogP contribution in [0.1, 0.15) is 39.2 Å². The molecule has 0 saturated carbocycles. The molecule has 0 aliphatic carbocycles. The number of unbranched alkanes of at least 4 members (excludes halogenated alkanes) is 1. The van der Waals surface area contributed by atoms with Crippen molar-refractivity contribution in [1.29, 1.82) is 0 Å². The molecule has 0 bridgehead atoms. The molecule has 3 N–H and O–H groups in total. The molecule has 4 nitrogen and oxygen atoms in total. The summed E-state index contributed by atoms with van der Waals surface area (Å²) in [5, 5.41) is 2.24. The number of aryl methyl sites for hydroxylation is 1. The van der Waals surface area contributed by atoms with Crippen LogP contribution in [-0.4, -0.2) is 18.2 Å². The molecular formula is C15H22F2N2O2. The van der Waals surface area contributed by atoms with Crippen molar-refractivity contribution in [2.75, 3.05) is 11.9 Å². The van der Waals surface area contributed by atoms with Crippen LogP contribution < -0.4 is 11.1 Å². The number of halogens is 2. The number of nitrogens with one attached hydrogen (secondary N) is 1. The average molecular weight is 300 g/mol. The minimum Gasteiger partial charge on any atom is -0.444 e. The lowest BCUT2D eigenvalue weighted by Gasteiger charge is -2.20. The Labute approximate surface area is 123 Å². The number of benzene rings is 1. The number of amides is 1. The first-order valence-corrected chi connectivity index (χ1v) is 6.91. The molecule has 0 radical (unpaired) electrons. The average Bonchev–Trinajstić information content (AvgIpc) is 2.33. The predicted octanol–water partition coefficient (Wildman–Crippen LogP) is 3.59. The van der Waals surface area contributed by atoms with Gasteiger partial charge in [-0.15, -0.1) is 0 Å². The first-order valence-electron chi connectivity index (χ1n) is 6.91. The number of ether oxygens (including phenoxy) is 1. The summed E-state index contributed by atoms with van der Waals surface area (Å²) in [7, 11) is 0. The molecule has 0 heterocycles. The minimum atomic E-state index is -1.09. The van der Waals surface area contributed by atoms with Gasteiger partial charge in [-0.25, -0.2) is 13.6 Å². The van der Waals surface area contributed by atoms with Crippen molar-refractivity contribution in [3.63, 3.8) is 0 Å². The molecule has 21 heavy (non-hydrogen) atoms. The normalized spacial score (nSPS) is 11.3. The molecule has 0 aliphatic rings. The molecule has 1 rings (SSSR count). The lowest BCUT2D eigenvalue weighted by molar-refractivity contribution is 0.0635. The monoisotopic (exact) mass is 300 g/mol. The molecule has 118 valence electrons. The molecule has 1 amide bonds. The molecule has 0 atom stereocenters. The second kappa shape index (κ2) is 7.36. The van der Waals surface area contributed by atoms with Crippen LogP contribution in [0, 0.1) is 11.6 Å². The maximum atomic E-state index is 13.7. The lowest BCUT2D eigenvalue weighted by atomic mass is 10.1. The van der Waals surface area contributed by atoms with Crippen molar-refractivity contribution in [2.24, 2.45) is 5.73 Å². The van der Waals surface area contributed by atoms with Crippen LogP contribution in [0.25, 0.3) is 0 Å². The van der Waals surface area contributed by atoms with Gasteiger partial charge in [0.25, 0.3) is 0 Å². The SMILES string of the molecule is CC(C)(C)OC(=O)Nc1cc(CCCCN)cc(F)c1F. The topological polar surface area (TPSA) is 64.3 Å². The van der Waals surface area contributed by atoms with E-state index in [9.17, 15) is 13.6 Å². The standard InChI is InChI=1S/C15H22F2N2O2/c1-15(2,3)21-14(20)19-12-9-10(6-4-5-7-18)8-11(16)13(12)17/h8-9H,4-7,18H2,1-3H3,(H,19,20). The Morgan fingerprint density at radius 1 is 1.29 bits per heavy atom. The molecule has 1 aromatic rings. The molecule has 6 heteroatoms. The maximum Gasteiger partial charge on any atom is 0.412 e. The van der Waals surface area contributed by atoms with Crippen molar-refractivity contribution in [3.8, 4) is 0 Å². The number of carbonyl (C=O) groups excluding carboxylic acids is 1. The fourth-order valence-corrected chi connectivity index (χ4v) is 1.77. The molecule has 0 aliphatic heterocycles. The van der Waals surface area contributed by atoms with E-state index in [0.717, 1.165) is 18.9 Å². The van der Waals surface area contributed by atoms with Crippen molar-refractivity contribution in [3.05, 3.63) is 29.3 Å². The summed E-state index contributed by atoms with van der Waals surface area (Å²) >= 11 is 0. The third kappa shape index (κ3) is 6.08. The maximum absolute atomic E-state index is 13.7. The molecule has 0 aromatic heterocycles. The van der Waals surface area contributed by atoms with Crippen LogP contribution in [0.4, 0.5) is 19.3 Å². The van der Waals surface area contributed by atoms with Crippen LogP contribution in [0.2, 0.25) is 0 Å². The van der Waals surface area contributed by atoms with Gasteiger partial charge >= 0.3 is 6.09 Å². The quantitative estimate of drug-likeness (QED) is 0.817. The van der Waals surface area contributed by atoms with Crippen molar-refractivity contribution in [1.82, 2.24) is 0 Å². The molecule has 0 fully saturated rings. The summed E-state index contributed by atoms with van der Waals surface area (Å²) in [6.07, 6.45) is 1.32.